The van der Waals surface area contributed by atoms with Crippen molar-refractivity contribution in [2.24, 2.45) is 5.41 Å². The van der Waals surface area contributed by atoms with E-state index in [4.69, 9.17) is 4.74 Å². The molecule has 0 unspecified atom stereocenters. The zero-order valence-corrected chi connectivity index (χ0v) is 13.2. The largest absolute Gasteiger partial charge is 0.481 e. The lowest BCUT2D eigenvalue weighted by molar-refractivity contribution is -0.154. The quantitative estimate of drug-likeness (QED) is 0.753. The van der Waals surface area contributed by atoms with E-state index < -0.39 is 29.0 Å². The van der Waals surface area contributed by atoms with E-state index in [1.54, 1.807) is 0 Å². The summed E-state index contributed by atoms with van der Waals surface area (Å²) in [4.78, 5) is 34.8. The van der Waals surface area contributed by atoms with Crippen LogP contribution in [0.2, 0.25) is 0 Å². The van der Waals surface area contributed by atoms with Crippen LogP contribution < -0.4 is 10.6 Å². The van der Waals surface area contributed by atoms with E-state index in [9.17, 15) is 23.9 Å². The number of aliphatic carboxylic acids is 1. The molecule has 1 aliphatic heterocycles. The van der Waals surface area contributed by atoms with Crippen molar-refractivity contribution in [2.75, 3.05) is 25.1 Å². The third kappa shape index (κ3) is 4.08. The number of benzene rings is 1. The smallest absolute Gasteiger partial charge is 0.311 e. The van der Waals surface area contributed by atoms with Gasteiger partial charge < -0.3 is 20.5 Å². The second-order valence-corrected chi connectivity index (χ2v) is 5.76. The van der Waals surface area contributed by atoms with Gasteiger partial charge in [0.05, 0.1) is 11.1 Å². The second kappa shape index (κ2) is 7.39. The molecule has 130 valence electrons. The third-order valence-electron chi connectivity index (χ3n) is 4.03. The Morgan fingerprint density at radius 1 is 1.29 bits per heavy atom. The van der Waals surface area contributed by atoms with Crippen LogP contribution >= 0.6 is 0 Å². The topological polar surface area (TPSA) is 105 Å². The molecular weight excluding hydrogens is 319 g/mol. The second-order valence-electron chi connectivity index (χ2n) is 5.76. The highest BCUT2D eigenvalue weighted by atomic mass is 19.1. The Balaban J connectivity index is 2.09. The molecule has 1 aliphatic rings. The standard InChI is InChI=1S/C16H19FN2O5/c1-10(20)19-13-8-11(2-3-12(13)17)14(21)18-9-16(15(22)23)4-6-24-7-5-16/h2-3,8H,4-7,9H2,1H3,(H,18,21)(H,19,20)(H,22,23). The van der Waals surface area contributed by atoms with Crippen LogP contribution in [-0.4, -0.2) is 42.6 Å². The molecule has 0 atom stereocenters. The van der Waals surface area contributed by atoms with E-state index in [2.05, 4.69) is 10.6 Å². The number of halogens is 1. The lowest BCUT2D eigenvalue weighted by Crippen LogP contribution is -2.46. The predicted molar refractivity (Wildman–Crippen MR) is 83.2 cm³/mol. The van der Waals surface area contributed by atoms with Gasteiger partial charge >= 0.3 is 5.97 Å². The summed E-state index contributed by atoms with van der Waals surface area (Å²) in [6.45, 7) is 1.84. The highest BCUT2D eigenvalue weighted by Gasteiger charge is 2.40. The molecule has 0 spiro atoms. The Labute approximate surface area is 138 Å². The van der Waals surface area contributed by atoms with Crippen molar-refractivity contribution in [3.63, 3.8) is 0 Å². The molecule has 7 nitrogen and oxygen atoms in total. The van der Waals surface area contributed by atoms with Crippen molar-refractivity contribution in [1.82, 2.24) is 5.32 Å². The van der Waals surface area contributed by atoms with Gasteiger partial charge in [-0.3, -0.25) is 14.4 Å². The number of carbonyl (C=O) groups excluding carboxylic acids is 2. The van der Waals surface area contributed by atoms with E-state index in [1.165, 1.54) is 19.1 Å². The molecule has 2 rings (SSSR count). The van der Waals surface area contributed by atoms with Crippen molar-refractivity contribution in [3.05, 3.63) is 29.6 Å². The van der Waals surface area contributed by atoms with Crippen LogP contribution in [0.5, 0.6) is 0 Å². The van der Waals surface area contributed by atoms with E-state index in [-0.39, 0.29) is 17.8 Å². The number of nitrogens with one attached hydrogen (secondary N) is 2. The SMILES string of the molecule is CC(=O)Nc1cc(C(=O)NCC2(C(=O)O)CCOCC2)ccc1F. The van der Waals surface area contributed by atoms with Gasteiger partial charge in [-0.1, -0.05) is 0 Å². The molecule has 3 N–H and O–H groups in total. The van der Waals surface area contributed by atoms with Crippen molar-refractivity contribution in [3.8, 4) is 0 Å². The summed E-state index contributed by atoms with van der Waals surface area (Å²) in [6.07, 6.45) is 0.617. The maximum Gasteiger partial charge on any atom is 0.311 e. The molecule has 1 saturated heterocycles. The van der Waals surface area contributed by atoms with Crippen LogP contribution in [0.25, 0.3) is 0 Å². The number of carboxylic acids is 1. The van der Waals surface area contributed by atoms with Crippen molar-refractivity contribution in [2.45, 2.75) is 19.8 Å². The molecule has 0 radical (unpaired) electrons. The van der Waals surface area contributed by atoms with Crippen LogP contribution in [0, 0.1) is 11.2 Å². The van der Waals surface area contributed by atoms with Gasteiger partial charge in [-0.15, -0.1) is 0 Å². The number of rotatable bonds is 5. The number of hydrogen-bond acceptors (Lipinski definition) is 4. The number of amides is 2. The molecule has 1 fully saturated rings. The van der Waals surface area contributed by atoms with Crippen LogP contribution in [-0.2, 0) is 14.3 Å². The first-order valence-electron chi connectivity index (χ1n) is 7.50. The Hall–Kier alpha value is -2.48. The first-order chi connectivity index (χ1) is 11.3. The zero-order chi connectivity index (χ0) is 17.7. The molecular formula is C16H19FN2O5. The number of carboxylic acid groups (broad SMARTS) is 1. The fraction of sp³-hybridized carbons (Fsp3) is 0.438. The predicted octanol–water partition coefficient (Wildman–Crippen LogP) is 1.40. The molecule has 0 aromatic heterocycles. The van der Waals surface area contributed by atoms with Gasteiger partial charge in [0.1, 0.15) is 5.82 Å². The molecule has 1 aromatic carbocycles. The fourth-order valence-corrected chi connectivity index (χ4v) is 2.53. The molecule has 0 bridgehead atoms. The fourth-order valence-electron chi connectivity index (χ4n) is 2.53. The first-order valence-corrected chi connectivity index (χ1v) is 7.50. The maximum atomic E-state index is 13.6. The third-order valence-corrected chi connectivity index (χ3v) is 4.03. The maximum absolute atomic E-state index is 13.6. The van der Waals surface area contributed by atoms with Gasteiger partial charge in [-0.2, -0.15) is 0 Å². The number of hydrogen-bond donors (Lipinski definition) is 3. The summed E-state index contributed by atoms with van der Waals surface area (Å²) in [5.74, 6) is -2.63. The van der Waals surface area contributed by atoms with Gasteiger partial charge in [0.25, 0.3) is 5.91 Å². The summed E-state index contributed by atoms with van der Waals surface area (Å²) < 4.78 is 18.8. The van der Waals surface area contributed by atoms with Crippen molar-refractivity contribution in [1.29, 1.82) is 0 Å². The summed E-state index contributed by atoms with van der Waals surface area (Å²) in [7, 11) is 0. The van der Waals surface area contributed by atoms with Crippen molar-refractivity contribution < 1.29 is 28.6 Å². The molecule has 0 saturated carbocycles. The molecule has 8 heteroatoms. The van der Waals surface area contributed by atoms with Gasteiger partial charge in [0, 0.05) is 32.2 Å². The number of ether oxygens (including phenoxy) is 1. The Morgan fingerprint density at radius 3 is 2.54 bits per heavy atom. The minimum atomic E-state index is -1.06. The average molecular weight is 338 g/mol. The zero-order valence-electron chi connectivity index (χ0n) is 13.2. The lowest BCUT2D eigenvalue weighted by Gasteiger charge is -2.33. The highest BCUT2D eigenvalue weighted by Crippen LogP contribution is 2.30. The molecule has 2 amide bonds. The van der Waals surface area contributed by atoms with Crippen LogP contribution in [0.3, 0.4) is 0 Å². The van der Waals surface area contributed by atoms with Crippen LogP contribution in [0.15, 0.2) is 18.2 Å². The summed E-state index contributed by atoms with van der Waals surface area (Å²) in [6, 6.07) is 3.55. The highest BCUT2D eigenvalue weighted by molar-refractivity contribution is 5.97. The van der Waals surface area contributed by atoms with E-state index in [1.807, 2.05) is 0 Å². The monoisotopic (exact) mass is 338 g/mol. The minimum absolute atomic E-state index is 0.0443. The molecule has 1 heterocycles. The van der Waals surface area contributed by atoms with E-state index in [0.717, 1.165) is 6.07 Å². The minimum Gasteiger partial charge on any atom is -0.481 e. The number of carbonyl (C=O) groups is 3. The Bertz CT molecular complexity index is 656. The van der Waals surface area contributed by atoms with Gasteiger partial charge in [0.2, 0.25) is 5.91 Å². The summed E-state index contributed by atoms with van der Waals surface area (Å²) in [5, 5.41) is 14.3. The summed E-state index contributed by atoms with van der Waals surface area (Å²) in [5.41, 5.74) is -1.03. The number of anilines is 1. The molecule has 1 aromatic rings. The normalized spacial score (nSPS) is 16.2. The molecule has 24 heavy (non-hydrogen) atoms. The first kappa shape index (κ1) is 17.9. The average Bonchev–Trinajstić information content (AvgIpc) is 2.55. The van der Waals surface area contributed by atoms with E-state index >= 15 is 0 Å². The van der Waals surface area contributed by atoms with Gasteiger partial charge in [-0.05, 0) is 31.0 Å². The van der Waals surface area contributed by atoms with Crippen molar-refractivity contribution >= 4 is 23.5 Å². The van der Waals surface area contributed by atoms with Gasteiger partial charge in [0.15, 0.2) is 0 Å². The van der Waals surface area contributed by atoms with Crippen LogP contribution in [0.1, 0.15) is 30.1 Å². The Morgan fingerprint density at radius 2 is 1.96 bits per heavy atom. The Kier molecular flexibility index (Phi) is 5.50. The van der Waals surface area contributed by atoms with Crippen LogP contribution in [0.4, 0.5) is 10.1 Å². The van der Waals surface area contributed by atoms with Gasteiger partial charge in [-0.25, -0.2) is 4.39 Å². The summed E-state index contributed by atoms with van der Waals surface area (Å²) >= 11 is 0. The lowest BCUT2D eigenvalue weighted by atomic mass is 9.80. The molecule has 0 aliphatic carbocycles. The van der Waals surface area contributed by atoms with E-state index in [0.29, 0.717) is 26.1 Å².